The van der Waals surface area contributed by atoms with E-state index in [1.54, 1.807) is 60.7 Å². The molecule has 4 aromatic carbocycles. The number of aryl methyl sites for hydroxylation is 1. The molecule has 4 N–H and O–H groups in total. The largest absolute Gasteiger partial charge is 0.451 e. The number of hydrogen-bond acceptors (Lipinski definition) is 6. The maximum absolute atomic E-state index is 13.4. The van der Waals surface area contributed by atoms with Gasteiger partial charge in [-0.2, -0.15) is 0 Å². The number of ketones is 2. The van der Waals surface area contributed by atoms with Crippen LogP contribution in [0, 0.1) is 6.92 Å². The molecule has 0 amide bonds. The number of ether oxygens (including phenoxy) is 2. The Balaban J connectivity index is 1.75. The lowest BCUT2D eigenvalue weighted by Crippen LogP contribution is -2.24. The summed E-state index contributed by atoms with van der Waals surface area (Å²) in [6.45, 7) is 1.96. The number of hydrogen-bond donors (Lipinski definition) is 2. The van der Waals surface area contributed by atoms with E-state index in [1.807, 2.05) is 25.1 Å². The third-order valence-corrected chi connectivity index (χ3v) is 5.56. The van der Waals surface area contributed by atoms with Gasteiger partial charge in [0.2, 0.25) is 0 Å². The molecule has 0 bridgehead atoms. The molecule has 1 aliphatic rings. The molecule has 0 saturated carbocycles. The first-order chi connectivity index (χ1) is 16.0. The van der Waals surface area contributed by atoms with Crippen LogP contribution < -0.4 is 20.9 Å². The van der Waals surface area contributed by atoms with Gasteiger partial charge in [0.05, 0.1) is 22.5 Å². The lowest BCUT2D eigenvalue weighted by Gasteiger charge is -2.25. The van der Waals surface area contributed by atoms with Gasteiger partial charge in [-0.3, -0.25) is 9.59 Å². The zero-order chi connectivity index (χ0) is 23.1. The van der Waals surface area contributed by atoms with Gasteiger partial charge in [0, 0.05) is 11.1 Å². The van der Waals surface area contributed by atoms with Crippen LogP contribution in [-0.2, 0) is 0 Å². The summed E-state index contributed by atoms with van der Waals surface area (Å²) in [4.78, 5) is 26.7. The zero-order valence-electron chi connectivity index (χ0n) is 17.8. The molecule has 0 aromatic heterocycles. The lowest BCUT2D eigenvalue weighted by molar-refractivity contribution is 0.0980. The Morgan fingerprint density at radius 3 is 1.48 bits per heavy atom. The quantitative estimate of drug-likeness (QED) is 0.360. The van der Waals surface area contributed by atoms with E-state index in [0.29, 0.717) is 11.5 Å². The number of anilines is 2. The smallest absolute Gasteiger partial charge is 0.196 e. The van der Waals surface area contributed by atoms with Crippen LogP contribution in [0.4, 0.5) is 11.4 Å². The average Bonchev–Trinajstić information content (AvgIpc) is 2.84. The van der Waals surface area contributed by atoms with E-state index in [2.05, 4.69) is 0 Å². The standard InChI is InChI=1S/C27H20N2O4/c1-15-11-13-17(14-12-15)33-27-23(29)21-20(22(28)26(27)32-16-7-3-2-4-8-16)24(30)18-9-5-6-10-19(18)25(21)31/h2-14H,28-29H2,1H3. The number of fused-ring (bicyclic) bond motifs is 2. The van der Waals surface area contributed by atoms with E-state index in [-0.39, 0.29) is 56.7 Å². The van der Waals surface area contributed by atoms with E-state index in [1.165, 1.54) is 0 Å². The summed E-state index contributed by atoms with van der Waals surface area (Å²) < 4.78 is 12.2. The van der Waals surface area contributed by atoms with Crippen molar-refractivity contribution in [1.29, 1.82) is 0 Å². The van der Waals surface area contributed by atoms with Crippen molar-refractivity contribution in [2.45, 2.75) is 6.92 Å². The number of nitrogen functional groups attached to an aromatic ring is 2. The summed E-state index contributed by atoms with van der Waals surface area (Å²) in [5.74, 6) is 0.360. The number of nitrogens with two attached hydrogens (primary N) is 2. The second-order valence-corrected chi connectivity index (χ2v) is 7.77. The first kappa shape index (κ1) is 20.3. The molecule has 0 aliphatic heterocycles. The third kappa shape index (κ3) is 3.38. The Morgan fingerprint density at radius 2 is 1.00 bits per heavy atom. The summed E-state index contributed by atoms with van der Waals surface area (Å²) in [5, 5.41) is 0. The summed E-state index contributed by atoms with van der Waals surface area (Å²) in [7, 11) is 0. The van der Waals surface area contributed by atoms with Gasteiger partial charge in [-0.1, -0.05) is 60.2 Å². The second kappa shape index (κ2) is 7.84. The predicted octanol–water partition coefficient (Wildman–Crippen LogP) is 5.52. The molecule has 0 atom stereocenters. The highest BCUT2D eigenvalue weighted by Gasteiger charge is 2.37. The summed E-state index contributed by atoms with van der Waals surface area (Å²) in [6, 6.07) is 22.9. The van der Waals surface area contributed by atoms with Gasteiger partial charge in [0.1, 0.15) is 11.5 Å². The Hall–Kier alpha value is -4.58. The van der Waals surface area contributed by atoms with Crippen molar-refractivity contribution >= 4 is 22.9 Å². The van der Waals surface area contributed by atoms with Crippen LogP contribution in [0.2, 0.25) is 0 Å². The minimum atomic E-state index is -0.385. The fraction of sp³-hybridized carbons (Fsp3) is 0.0370. The van der Waals surface area contributed by atoms with Crippen LogP contribution >= 0.6 is 0 Å². The number of carbonyl (C=O) groups excluding carboxylic acids is 2. The highest BCUT2D eigenvalue weighted by atomic mass is 16.5. The molecule has 0 radical (unpaired) electrons. The van der Waals surface area contributed by atoms with E-state index < -0.39 is 0 Å². The molecule has 0 saturated heterocycles. The molecule has 6 heteroatoms. The summed E-state index contributed by atoms with van der Waals surface area (Å²) in [5.41, 5.74) is 14.6. The molecular formula is C27H20N2O4. The van der Waals surface area contributed by atoms with Crippen molar-refractivity contribution in [2.75, 3.05) is 11.5 Å². The minimum Gasteiger partial charge on any atom is -0.451 e. The van der Waals surface area contributed by atoms with Crippen LogP contribution in [0.15, 0.2) is 78.9 Å². The fourth-order valence-corrected chi connectivity index (χ4v) is 3.89. The molecule has 0 spiro atoms. The highest BCUT2D eigenvalue weighted by Crippen LogP contribution is 2.50. The van der Waals surface area contributed by atoms with Crippen molar-refractivity contribution < 1.29 is 19.1 Å². The topological polar surface area (TPSA) is 105 Å². The third-order valence-electron chi connectivity index (χ3n) is 5.56. The Kier molecular flexibility index (Phi) is 4.83. The van der Waals surface area contributed by atoms with Crippen molar-refractivity contribution in [2.24, 2.45) is 0 Å². The van der Waals surface area contributed by atoms with E-state index in [0.717, 1.165) is 5.56 Å². The van der Waals surface area contributed by atoms with E-state index in [4.69, 9.17) is 20.9 Å². The van der Waals surface area contributed by atoms with Crippen LogP contribution in [0.25, 0.3) is 0 Å². The van der Waals surface area contributed by atoms with Crippen LogP contribution in [-0.4, -0.2) is 11.6 Å². The summed E-state index contributed by atoms with van der Waals surface area (Å²) in [6.07, 6.45) is 0. The lowest BCUT2D eigenvalue weighted by atomic mass is 9.82. The predicted molar refractivity (Wildman–Crippen MR) is 126 cm³/mol. The van der Waals surface area contributed by atoms with Gasteiger partial charge in [0.25, 0.3) is 0 Å². The van der Waals surface area contributed by atoms with Gasteiger partial charge in [-0.25, -0.2) is 0 Å². The van der Waals surface area contributed by atoms with Crippen LogP contribution in [0.1, 0.15) is 37.4 Å². The van der Waals surface area contributed by atoms with E-state index >= 15 is 0 Å². The Morgan fingerprint density at radius 1 is 0.576 bits per heavy atom. The Labute approximate surface area is 190 Å². The van der Waals surface area contributed by atoms with Crippen LogP contribution in [0.3, 0.4) is 0 Å². The monoisotopic (exact) mass is 436 g/mol. The minimum absolute atomic E-state index is 0.00133. The molecule has 5 rings (SSSR count). The highest BCUT2D eigenvalue weighted by molar-refractivity contribution is 6.32. The molecule has 162 valence electrons. The maximum atomic E-state index is 13.4. The van der Waals surface area contributed by atoms with Gasteiger partial charge < -0.3 is 20.9 Å². The van der Waals surface area contributed by atoms with Gasteiger partial charge in [-0.05, 0) is 31.2 Å². The molecule has 4 aromatic rings. The number of rotatable bonds is 4. The van der Waals surface area contributed by atoms with Crippen molar-refractivity contribution in [3.8, 4) is 23.0 Å². The SMILES string of the molecule is Cc1ccc(Oc2c(N)c3c(c(N)c2Oc2ccccc2)C(=O)c2ccccc2C3=O)cc1. The number of benzene rings is 4. The molecule has 1 aliphatic carbocycles. The molecule has 0 heterocycles. The zero-order valence-corrected chi connectivity index (χ0v) is 17.8. The number of carbonyl (C=O) groups is 2. The van der Waals surface area contributed by atoms with Gasteiger partial charge >= 0.3 is 0 Å². The van der Waals surface area contributed by atoms with Gasteiger partial charge in [-0.15, -0.1) is 0 Å². The number of para-hydroxylation sites is 1. The Bertz CT molecular complexity index is 1410. The molecule has 0 fully saturated rings. The van der Waals surface area contributed by atoms with Gasteiger partial charge in [0.15, 0.2) is 23.1 Å². The van der Waals surface area contributed by atoms with E-state index in [9.17, 15) is 9.59 Å². The second-order valence-electron chi connectivity index (χ2n) is 7.77. The van der Waals surface area contributed by atoms with Crippen molar-refractivity contribution in [3.63, 3.8) is 0 Å². The normalized spacial score (nSPS) is 12.2. The summed E-state index contributed by atoms with van der Waals surface area (Å²) >= 11 is 0. The molecule has 0 unspecified atom stereocenters. The van der Waals surface area contributed by atoms with Crippen molar-refractivity contribution in [1.82, 2.24) is 0 Å². The van der Waals surface area contributed by atoms with Crippen molar-refractivity contribution in [3.05, 3.63) is 107 Å². The molecular weight excluding hydrogens is 416 g/mol. The fourth-order valence-electron chi connectivity index (χ4n) is 3.89. The first-order valence-electron chi connectivity index (χ1n) is 10.4. The average molecular weight is 436 g/mol. The molecule has 33 heavy (non-hydrogen) atoms. The first-order valence-corrected chi connectivity index (χ1v) is 10.4. The molecule has 6 nitrogen and oxygen atoms in total. The van der Waals surface area contributed by atoms with Crippen LogP contribution in [0.5, 0.6) is 23.0 Å². The maximum Gasteiger partial charge on any atom is 0.196 e.